The van der Waals surface area contributed by atoms with Gasteiger partial charge in [0.2, 0.25) is 11.8 Å². The number of aryl methyl sites for hydroxylation is 1. The van der Waals surface area contributed by atoms with Crippen molar-refractivity contribution in [3.8, 4) is 11.5 Å². The molecule has 2 aromatic carbocycles. The molecule has 0 radical (unpaired) electrons. The Hall–Kier alpha value is -4.45. The molecule has 43 heavy (non-hydrogen) atoms. The molecule has 1 N–H and O–H groups in total. The standard InChI is InChI=1S/C31H31N5O6S/c1-19-10-21(42-34-19)12-28(38)35-8-3-9-40-25-5-2-4-22-23-13-36(30(39)20-6-7-24-26(11-20)43-18-33-24)16-31(23,17-41-29(22)25)15-32-27(37)14-35/h2,4-7,10-11,18,23H,3,8-9,12-17H2,1H3,(H,32,37)/t23-,31+/m0/s1. The van der Waals surface area contributed by atoms with E-state index >= 15 is 0 Å². The first-order chi connectivity index (χ1) is 20.9. The summed E-state index contributed by atoms with van der Waals surface area (Å²) in [5.74, 6) is 1.14. The molecule has 3 amide bonds. The minimum Gasteiger partial charge on any atom is -0.490 e. The Morgan fingerprint density at radius 1 is 1.16 bits per heavy atom. The number of para-hydroxylation sites is 1. The fraction of sp³-hybridized carbons (Fsp3) is 0.387. The van der Waals surface area contributed by atoms with Crippen molar-refractivity contribution in [1.29, 1.82) is 0 Å². The summed E-state index contributed by atoms with van der Waals surface area (Å²) in [5, 5.41) is 6.94. The molecule has 4 bridgehead atoms. The van der Waals surface area contributed by atoms with Crippen molar-refractivity contribution in [3.63, 3.8) is 0 Å². The van der Waals surface area contributed by atoms with Gasteiger partial charge in [-0.15, -0.1) is 11.3 Å². The first-order valence-corrected chi connectivity index (χ1v) is 15.2. The smallest absolute Gasteiger partial charge is 0.253 e. The Balaban J connectivity index is 1.16. The van der Waals surface area contributed by atoms with Gasteiger partial charge in [0.25, 0.3) is 5.91 Å². The number of aromatic nitrogens is 2. The lowest BCUT2D eigenvalue weighted by atomic mass is 9.73. The zero-order valence-electron chi connectivity index (χ0n) is 23.7. The van der Waals surface area contributed by atoms with Gasteiger partial charge in [0, 0.05) is 54.7 Å². The summed E-state index contributed by atoms with van der Waals surface area (Å²) in [6.07, 6.45) is 0.545. The van der Waals surface area contributed by atoms with Gasteiger partial charge in [-0.3, -0.25) is 14.4 Å². The van der Waals surface area contributed by atoms with E-state index in [0.29, 0.717) is 74.3 Å². The zero-order chi connectivity index (χ0) is 29.6. The fourth-order valence-corrected chi connectivity index (χ4v) is 7.10. The molecule has 0 aliphatic carbocycles. The average Bonchev–Trinajstić information content (AvgIpc) is 3.75. The fourth-order valence-electron chi connectivity index (χ4n) is 6.38. The van der Waals surface area contributed by atoms with E-state index in [-0.39, 0.29) is 36.6 Å². The summed E-state index contributed by atoms with van der Waals surface area (Å²) in [6.45, 7) is 3.89. The lowest BCUT2D eigenvalue weighted by Gasteiger charge is -2.40. The van der Waals surface area contributed by atoms with E-state index in [2.05, 4.69) is 15.5 Å². The van der Waals surface area contributed by atoms with Crippen LogP contribution in [0.4, 0.5) is 0 Å². The van der Waals surface area contributed by atoms with Crippen LogP contribution in [0.25, 0.3) is 10.2 Å². The molecule has 11 nitrogen and oxygen atoms in total. The quantitative estimate of drug-likeness (QED) is 0.380. The Labute approximate surface area is 251 Å². The molecule has 222 valence electrons. The van der Waals surface area contributed by atoms with E-state index in [1.165, 1.54) is 16.2 Å². The highest BCUT2D eigenvalue weighted by atomic mass is 32.1. The number of fused-ring (bicyclic) bond motifs is 10. The maximum absolute atomic E-state index is 13.8. The van der Waals surface area contributed by atoms with E-state index in [1.54, 1.807) is 18.5 Å². The van der Waals surface area contributed by atoms with E-state index in [4.69, 9.17) is 14.0 Å². The van der Waals surface area contributed by atoms with Crippen molar-refractivity contribution in [1.82, 2.24) is 25.3 Å². The average molecular weight is 602 g/mol. The molecule has 2 aromatic heterocycles. The normalized spacial score (nSPS) is 22.0. The van der Waals surface area contributed by atoms with Gasteiger partial charge >= 0.3 is 0 Å². The number of nitrogens with zero attached hydrogens (tertiary/aromatic N) is 4. The van der Waals surface area contributed by atoms with Gasteiger partial charge in [-0.05, 0) is 37.6 Å². The molecular weight excluding hydrogens is 570 g/mol. The molecule has 6 heterocycles. The molecule has 8 rings (SSSR count). The van der Waals surface area contributed by atoms with Crippen molar-refractivity contribution in [3.05, 3.63) is 70.6 Å². The van der Waals surface area contributed by atoms with Gasteiger partial charge < -0.3 is 29.1 Å². The van der Waals surface area contributed by atoms with Crippen LogP contribution in [0.5, 0.6) is 11.5 Å². The summed E-state index contributed by atoms with van der Waals surface area (Å²) in [7, 11) is 0. The Morgan fingerprint density at radius 2 is 2.07 bits per heavy atom. The lowest BCUT2D eigenvalue weighted by Crippen LogP contribution is -2.50. The highest BCUT2D eigenvalue weighted by Gasteiger charge is 2.53. The first kappa shape index (κ1) is 27.4. The van der Waals surface area contributed by atoms with Crippen LogP contribution in [0.15, 0.2) is 52.5 Å². The molecular formula is C31H31N5O6S. The highest BCUT2D eigenvalue weighted by Crippen LogP contribution is 2.52. The second kappa shape index (κ2) is 11.0. The minimum absolute atomic E-state index is 0.0193. The van der Waals surface area contributed by atoms with Crippen LogP contribution in [0.2, 0.25) is 0 Å². The number of thiazole rings is 1. The minimum atomic E-state index is -0.554. The number of benzene rings is 2. The Bertz CT molecular complexity index is 1720. The maximum Gasteiger partial charge on any atom is 0.253 e. The number of carbonyl (C=O) groups excluding carboxylic acids is 3. The van der Waals surface area contributed by atoms with E-state index in [1.807, 2.05) is 41.3 Å². The summed E-state index contributed by atoms with van der Waals surface area (Å²) < 4.78 is 18.7. The first-order valence-electron chi connectivity index (χ1n) is 14.4. The highest BCUT2D eigenvalue weighted by molar-refractivity contribution is 7.16. The summed E-state index contributed by atoms with van der Waals surface area (Å²) in [4.78, 5) is 48.0. The van der Waals surface area contributed by atoms with Crippen molar-refractivity contribution in [2.75, 3.05) is 45.9 Å². The Kier molecular flexibility index (Phi) is 7.00. The third-order valence-corrected chi connectivity index (χ3v) is 9.35. The predicted molar refractivity (Wildman–Crippen MR) is 157 cm³/mol. The van der Waals surface area contributed by atoms with E-state index in [9.17, 15) is 14.4 Å². The topological polar surface area (TPSA) is 127 Å². The number of amides is 3. The van der Waals surface area contributed by atoms with Crippen molar-refractivity contribution in [2.24, 2.45) is 5.41 Å². The summed E-state index contributed by atoms with van der Waals surface area (Å²) in [5.41, 5.74) is 4.36. The molecule has 0 unspecified atom stereocenters. The van der Waals surface area contributed by atoms with Gasteiger partial charge in [-0.2, -0.15) is 0 Å². The summed E-state index contributed by atoms with van der Waals surface area (Å²) in [6, 6.07) is 13.2. The van der Waals surface area contributed by atoms with Gasteiger partial charge in [-0.25, -0.2) is 4.98 Å². The van der Waals surface area contributed by atoms with Crippen LogP contribution in [-0.4, -0.2) is 83.6 Å². The molecule has 1 spiro atoms. The van der Waals surface area contributed by atoms with Crippen LogP contribution >= 0.6 is 11.3 Å². The van der Waals surface area contributed by atoms with Gasteiger partial charge in [-0.1, -0.05) is 17.3 Å². The van der Waals surface area contributed by atoms with Gasteiger partial charge in [0.05, 0.1) is 47.6 Å². The third kappa shape index (κ3) is 5.20. The maximum atomic E-state index is 13.8. The molecule has 1 saturated heterocycles. The summed E-state index contributed by atoms with van der Waals surface area (Å²) >= 11 is 1.50. The van der Waals surface area contributed by atoms with Crippen molar-refractivity contribution >= 4 is 39.3 Å². The third-order valence-electron chi connectivity index (χ3n) is 8.56. The van der Waals surface area contributed by atoms with Crippen LogP contribution in [0.1, 0.15) is 39.7 Å². The van der Waals surface area contributed by atoms with E-state index in [0.717, 1.165) is 15.8 Å². The molecule has 4 aliphatic heterocycles. The van der Waals surface area contributed by atoms with Crippen LogP contribution in [-0.2, 0) is 16.0 Å². The molecule has 2 atom stereocenters. The van der Waals surface area contributed by atoms with E-state index < -0.39 is 5.41 Å². The van der Waals surface area contributed by atoms with Crippen LogP contribution in [0.3, 0.4) is 0 Å². The number of carbonyl (C=O) groups is 3. The SMILES string of the molecule is Cc1cc(CC(=O)N2CCCOc3cccc4c3OC[C@@]3(CNC(=O)C2)CN(C(=O)c2ccc5ncsc5c2)C[C@@H]43)on1. The second-order valence-electron chi connectivity index (χ2n) is 11.5. The number of ether oxygens (including phenoxy) is 2. The Morgan fingerprint density at radius 3 is 2.93 bits per heavy atom. The van der Waals surface area contributed by atoms with Crippen molar-refractivity contribution in [2.45, 2.75) is 25.7 Å². The number of rotatable bonds is 3. The van der Waals surface area contributed by atoms with Gasteiger partial charge in [0.15, 0.2) is 11.5 Å². The number of hydrogen-bond acceptors (Lipinski definition) is 9. The van der Waals surface area contributed by atoms with Crippen LogP contribution < -0.4 is 14.8 Å². The predicted octanol–water partition coefficient (Wildman–Crippen LogP) is 3.18. The molecule has 1 fully saturated rings. The van der Waals surface area contributed by atoms with Gasteiger partial charge in [0.1, 0.15) is 5.76 Å². The molecule has 12 heteroatoms. The van der Waals surface area contributed by atoms with Crippen molar-refractivity contribution < 1.29 is 28.4 Å². The molecule has 4 aromatic rings. The number of likely N-dealkylation sites (tertiary alicyclic amines) is 1. The second-order valence-corrected chi connectivity index (χ2v) is 12.4. The van der Waals surface area contributed by atoms with Crippen LogP contribution in [0, 0.1) is 12.3 Å². The zero-order valence-corrected chi connectivity index (χ0v) is 24.5. The lowest BCUT2D eigenvalue weighted by molar-refractivity contribution is -0.136. The molecule has 0 saturated carbocycles. The number of hydrogen-bond donors (Lipinski definition) is 1. The monoisotopic (exact) mass is 601 g/mol. The molecule has 4 aliphatic rings. The number of nitrogens with one attached hydrogen (secondary N) is 1. The largest absolute Gasteiger partial charge is 0.490 e.